The number of carbonyl (C=O) groups excluding carboxylic acids is 2. The van der Waals surface area contributed by atoms with E-state index in [-0.39, 0.29) is 41.5 Å². The number of esters is 1. The lowest BCUT2D eigenvalue weighted by Gasteiger charge is -2.45. The Morgan fingerprint density at radius 1 is 1.12 bits per heavy atom. The number of ketones is 1. The molecule has 0 spiro atoms. The number of aromatic nitrogens is 1. The summed E-state index contributed by atoms with van der Waals surface area (Å²) in [7, 11) is 0. The molecule has 2 saturated carbocycles. The standard InChI is InChI=1S/C27H26F3NO3/c1-15-25-23(22-10-8-21(32)12-18(22)13-24(25)26(33)34-15)9-7-20-6-5-17(14-31-20)16-3-2-4-19(11-16)27(28,29)30/h2-7,9,11,14-15,18,22-25H,8,10,12-13H2,1H3/b9-7+/t15-,18?,22?,23?,24?,25?/m1/s1. The molecule has 0 N–H and O–H groups in total. The monoisotopic (exact) mass is 469 g/mol. The Morgan fingerprint density at radius 2 is 1.94 bits per heavy atom. The number of hydrogen-bond acceptors (Lipinski definition) is 4. The summed E-state index contributed by atoms with van der Waals surface area (Å²) >= 11 is 0. The molecule has 0 amide bonds. The van der Waals surface area contributed by atoms with Crippen LogP contribution in [0.25, 0.3) is 17.2 Å². The Labute approximate surface area is 196 Å². The van der Waals surface area contributed by atoms with E-state index in [1.165, 1.54) is 6.07 Å². The predicted molar refractivity (Wildman–Crippen MR) is 120 cm³/mol. The molecular formula is C27H26F3NO3. The lowest BCUT2D eigenvalue weighted by molar-refractivity contribution is -0.145. The Kier molecular flexibility index (Phi) is 5.82. The van der Waals surface area contributed by atoms with Crippen molar-refractivity contribution < 1.29 is 27.5 Å². The van der Waals surface area contributed by atoms with Gasteiger partial charge >= 0.3 is 12.1 Å². The summed E-state index contributed by atoms with van der Waals surface area (Å²) in [5.74, 6) is 0.672. The first-order valence-corrected chi connectivity index (χ1v) is 11.7. The highest BCUT2D eigenvalue weighted by molar-refractivity contribution is 5.80. The fourth-order valence-electron chi connectivity index (χ4n) is 6.18. The van der Waals surface area contributed by atoms with Crippen molar-refractivity contribution in [3.05, 3.63) is 59.9 Å². The van der Waals surface area contributed by atoms with Crippen LogP contribution in [0.3, 0.4) is 0 Å². The number of allylic oxidation sites excluding steroid dienone is 1. The normalized spacial score (nSPS) is 31.3. The molecule has 1 aliphatic heterocycles. The van der Waals surface area contributed by atoms with E-state index in [2.05, 4.69) is 11.1 Å². The molecule has 4 nitrogen and oxygen atoms in total. The molecule has 178 valence electrons. The molecule has 6 atom stereocenters. The van der Waals surface area contributed by atoms with Crippen LogP contribution in [0, 0.1) is 29.6 Å². The summed E-state index contributed by atoms with van der Waals surface area (Å²) in [5, 5.41) is 0. The van der Waals surface area contributed by atoms with Gasteiger partial charge in [-0.15, -0.1) is 0 Å². The van der Waals surface area contributed by atoms with Gasteiger partial charge in [-0.25, -0.2) is 0 Å². The molecule has 2 aliphatic carbocycles. The minimum atomic E-state index is -4.39. The molecule has 2 heterocycles. The van der Waals surface area contributed by atoms with E-state index in [1.54, 1.807) is 24.4 Å². The number of pyridine rings is 1. The topological polar surface area (TPSA) is 56.3 Å². The number of halogens is 3. The zero-order chi connectivity index (χ0) is 24.0. The summed E-state index contributed by atoms with van der Waals surface area (Å²) in [6.07, 6.45) is 3.70. The molecule has 7 heteroatoms. The summed E-state index contributed by atoms with van der Waals surface area (Å²) in [4.78, 5) is 28.9. The summed E-state index contributed by atoms with van der Waals surface area (Å²) < 4.78 is 44.7. The number of benzene rings is 1. The van der Waals surface area contributed by atoms with Gasteiger partial charge in [-0.05, 0) is 67.4 Å². The Morgan fingerprint density at radius 3 is 2.68 bits per heavy atom. The van der Waals surface area contributed by atoms with Gasteiger partial charge < -0.3 is 4.74 Å². The summed E-state index contributed by atoms with van der Waals surface area (Å²) in [6, 6.07) is 8.75. The highest BCUT2D eigenvalue weighted by Crippen LogP contribution is 2.53. The Hall–Kier alpha value is -2.96. The molecule has 3 fully saturated rings. The maximum Gasteiger partial charge on any atom is 0.416 e. The van der Waals surface area contributed by atoms with Crippen LogP contribution in [0.15, 0.2) is 48.7 Å². The summed E-state index contributed by atoms with van der Waals surface area (Å²) in [5.41, 5.74) is 1.07. The second-order valence-electron chi connectivity index (χ2n) is 9.75. The smallest absolute Gasteiger partial charge is 0.416 e. The van der Waals surface area contributed by atoms with Crippen LogP contribution in [0.2, 0.25) is 0 Å². The quantitative estimate of drug-likeness (QED) is 0.520. The van der Waals surface area contributed by atoms with Crippen LogP contribution < -0.4 is 0 Å². The van der Waals surface area contributed by atoms with Crippen LogP contribution in [-0.2, 0) is 20.5 Å². The number of cyclic esters (lactones) is 1. The van der Waals surface area contributed by atoms with E-state index in [9.17, 15) is 22.8 Å². The molecule has 5 unspecified atom stereocenters. The predicted octanol–water partition coefficient (Wildman–Crippen LogP) is 5.96. The van der Waals surface area contributed by atoms with Crippen LogP contribution >= 0.6 is 0 Å². The number of hydrogen-bond donors (Lipinski definition) is 0. The van der Waals surface area contributed by atoms with Gasteiger partial charge in [0.1, 0.15) is 11.9 Å². The average Bonchev–Trinajstić information content (AvgIpc) is 3.09. The molecule has 1 aromatic carbocycles. The first-order chi connectivity index (χ1) is 16.2. The van der Waals surface area contributed by atoms with Crippen molar-refractivity contribution in [3.63, 3.8) is 0 Å². The van der Waals surface area contributed by atoms with E-state index in [0.29, 0.717) is 35.6 Å². The van der Waals surface area contributed by atoms with E-state index in [1.807, 2.05) is 13.0 Å². The molecular weight excluding hydrogens is 443 g/mol. The third-order valence-electron chi connectivity index (χ3n) is 7.76. The van der Waals surface area contributed by atoms with Gasteiger partial charge in [-0.3, -0.25) is 14.6 Å². The maximum atomic E-state index is 13.0. The second kappa shape index (κ2) is 8.67. The second-order valence-corrected chi connectivity index (χ2v) is 9.75. The lowest BCUT2D eigenvalue weighted by atomic mass is 9.57. The Bertz CT molecular complexity index is 1120. The van der Waals surface area contributed by atoms with Crippen molar-refractivity contribution in [1.82, 2.24) is 4.98 Å². The average molecular weight is 470 g/mol. The van der Waals surface area contributed by atoms with Crippen molar-refractivity contribution in [2.75, 3.05) is 0 Å². The largest absolute Gasteiger partial charge is 0.462 e. The van der Waals surface area contributed by atoms with E-state index in [0.717, 1.165) is 25.0 Å². The van der Waals surface area contributed by atoms with Gasteiger partial charge in [-0.1, -0.05) is 24.3 Å². The number of alkyl halides is 3. The SMILES string of the molecule is C[C@H]1OC(=O)C2CC3CC(=O)CCC3C(/C=C/c3ccc(-c4cccc(C(F)(F)F)c4)cn3)C21. The molecule has 0 bridgehead atoms. The molecule has 34 heavy (non-hydrogen) atoms. The number of nitrogens with zero attached hydrogens (tertiary/aromatic N) is 1. The fourth-order valence-corrected chi connectivity index (χ4v) is 6.18. The van der Waals surface area contributed by atoms with Gasteiger partial charge in [0.2, 0.25) is 0 Å². The Balaban J connectivity index is 1.38. The first-order valence-electron chi connectivity index (χ1n) is 11.7. The van der Waals surface area contributed by atoms with Crippen molar-refractivity contribution in [3.8, 4) is 11.1 Å². The number of rotatable bonds is 3. The zero-order valence-electron chi connectivity index (χ0n) is 18.8. The molecule has 2 aromatic rings. The van der Waals surface area contributed by atoms with Gasteiger partial charge in [0.25, 0.3) is 0 Å². The lowest BCUT2D eigenvalue weighted by Crippen LogP contribution is -2.44. The third-order valence-corrected chi connectivity index (χ3v) is 7.76. The fraction of sp³-hybridized carbons (Fsp3) is 0.444. The van der Waals surface area contributed by atoms with Crippen molar-refractivity contribution in [2.45, 2.75) is 44.9 Å². The van der Waals surface area contributed by atoms with E-state index in [4.69, 9.17) is 4.74 Å². The van der Waals surface area contributed by atoms with Crippen molar-refractivity contribution in [2.24, 2.45) is 29.6 Å². The molecule has 0 radical (unpaired) electrons. The van der Waals surface area contributed by atoms with Crippen LogP contribution in [0.1, 0.15) is 43.9 Å². The van der Waals surface area contributed by atoms with Crippen LogP contribution in [0.4, 0.5) is 13.2 Å². The number of ether oxygens (including phenoxy) is 1. The zero-order valence-corrected chi connectivity index (χ0v) is 18.8. The van der Waals surface area contributed by atoms with Crippen molar-refractivity contribution >= 4 is 17.8 Å². The first kappa shape index (κ1) is 22.8. The molecule has 5 rings (SSSR count). The van der Waals surface area contributed by atoms with Crippen molar-refractivity contribution in [1.29, 1.82) is 0 Å². The molecule has 1 saturated heterocycles. The van der Waals surface area contributed by atoms with Gasteiger partial charge in [0.05, 0.1) is 17.2 Å². The number of fused-ring (bicyclic) bond motifs is 2. The number of Topliss-reactive ketones (excluding diaryl/α,β-unsaturated/α-hetero) is 1. The minimum Gasteiger partial charge on any atom is -0.462 e. The molecule has 1 aromatic heterocycles. The highest BCUT2D eigenvalue weighted by Gasteiger charge is 2.54. The maximum absolute atomic E-state index is 13.0. The van der Waals surface area contributed by atoms with Gasteiger partial charge in [-0.2, -0.15) is 13.2 Å². The van der Waals surface area contributed by atoms with Crippen LogP contribution in [0.5, 0.6) is 0 Å². The highest BCUT2D eigenvalue weighted by atomic mass is 19.4. The van der Waals surface area contributed by atoms with E-state index < -0.39 is 11.7 Å². The van der Waals surface area contributed by atoms with Gasteiger partial charge in [0, 0.05) is 30.5 Å². The minimum absolute atomic E-state index is 0.0857. The van der Waals surface area contributed by atoms with E-state index >= 15 is 0 Å². The van der Waals surface area contributed by atoms with Gasteiger partial charge in [0.15, 0.2) is 0 Å². The third kappa shape index (κ3) is 4.28. The van der Waals surface area contributed by atoms with Crippen LogP contribution in [-0.4, -0.2) is 22.8 Å². The molecule has 3 aliphatic rings. The summed E-state index contributed by atoms with van der Waals surface area (Å²) in [6.45, 7) is 1.94. The number of carbonyl (C=O) groups is 2.